The summed E-state index contributed by atoms with van der Waals surface area (Å²) in [5.74, 6) is 2.04. The molecule has 0 bridgehead atoms. The van der Waals surface area contributed by atoms with E-state index in [1.807, 2.05) is 13.0 Å². The van der Waals surface area contributed by atoms with Crippen molar-refractivity contribution in [3.05, 3.63) is 97.0 Å². The largest absolute Gasteiger partial charge is 0.508 e. The Morgan fingerprint density at radius 2 is 0.986 bits per heavy atom. The molecular weight excluding hydrogens is 917 g/mol. The number of phenolic OH excluding ortho intramolecular Hbond substituents is 1. The molecule has 8 rings (SSSR count). The van der Waals surface area contributed by atoms with Crippen LogP contribution in [0.3, 0.4) is 0 Å². The number of hydrogen-bond acceptors (Lipinski definition) is 13. The summed E-state index contributed by atoms with van der Waals surface area (Å²) in [4.78, 5) is 82.5. The molecule has 2 aromatic carbocycles. The van der Waals surface area contributed by atoms with Crippen LogP contribution in [0, 0.1) is 75.9 Å². The Morgan fingerprint density at radius 1 is 0.611 bits per heavy atom. The smallest absolute Gasteiger partial charge is 0.203 e. The van der Waals surface area contributed by atoms with Crippen molar-refractivity contribution in [2.24, 2.45) is 45.3 Å². The molecule has 72 heavy (non-hydrogen) atoms. The molecule has 0 amide bonds. The fraction of sp³-hybridized carbons (Fsp3) is 0.492. The quantitative estimate of drug-likeness (QED) is 0.0786. The van der Waals surface area contributed by atoms with Crippen LogP contribution in [0.25, 0.3) is 11.5 Å². The highest BCUT2D eigenvalue weighted by Gasteiger charge is 2.74. The van der Waals surface area contributed by atoms with Gasteiger partial charge in [0.25, 0.3) is 0 Å². The average Bonchev–Trinajstić information content (AvgIpc) is 3.25. The van der Waals surface area contributed by atoms with Crippen LogP contribution in [0.1, 0.15) is 147 Å². The van der Waals surface area contributed by atoms with Gasteiger partial charge in [-0.05, 0) is 106 Å². The number of carbonyl (C=O) groups is 6. The van der Waals surface area contributed by atoms with E-state index in [0.29, 0.717) is 53.5 Å². The molecule has 0 aliphatic heterocycles. The normalized spacial score (nSPS) is 31.8. The standard InChI is InChI=1S/C59H64O13/c1-28(2)42-47(64)39(31(6)60)50(67)58(71)52(69)44-46(63)38-30(5)20-21-33(35(38)24-54(44,8)26-56(42,58)10)18-16-14-12-13-15-17-19-34-22-23-37(62)41-36(34)25-55(9)27-57(11)43(29(3)4)48(65)40(32(7)61)51(68)59(57,72)53(70)45(55)49(41)66/h20-23,28-29,42-43,62-63,66-68,71-72H,12-15,24-27H2,1-11H3/t42?,43?,54-,55-,56-,57-,58+,59+/m1/s1. The van der Waals surface area contributed by atoms with Crippen LogP contribution in [0.2, 0.25) is 0 Å². The number of hydrogen-bond donors (Lipinski definition) is 7. The molecule has 7 N–H and O–H groups in total. The maximum Gasteiger partial charge on any atom is 0.203 e. The lowest BCUT2D eigenvalue weighted by Gasteiger charge is -2.59. The van der Waals surface area contributed by atoms with Gasteiger partial charge in [-0.1, -0.05) is 85.1 Å². The lowest BCUT2D eigenvalue weighted by Crippen LogP contribution is -2.69. The van der Waals surface area contributed by atoms with Crippen molar-refractivity contribution in [1.82, 2.24) is 0 Å². The van der Waals surface area contributed by atoms with Gasteiger partial charge in [0, 0.05) is 74.2 Å². The van der Waals surface area contributed by atoms with E-state index in [-0.39, 0.29) is 53.9 Å². The number of aromatic hydroxyl groups is 1. The maximum atomic E-state index is 14.7. The number of phenols is 1. The summed E-state index contributed by atoms with van der Waals surface area (Å²) in [6.07, 6.45) is 2.64. The van der Waals surface area contributed by atoms with Gasteiger partial charge in [-0.2, -0.15) is 0 Å². The van der Waals surface area contributed by atoms with Crippen LogP contribution in [-0.4, -0.2) is 81.6 Å². The topological polar surface area (TPSA) is 244 Å². The summed E-state index contributed by atoms with van der Waals surface area (Å²) in [5, 5.41) is 82.6. The van der Waals surface area contributed by atoms with Gasteiger partial charge < -0.3 is 35.7 Å². The highest BCUT2D eigenvalue weighted by atomic mass is 16.4. The van der Waals surface area contributed by atoms with Crippen LogP contribution < -0.4 is 0 Å². The molecule has 6 aliphatic carbocycles. The van der Waals surface area contributed by atoms with Crippen molar-refractivity contribution < 1.29 is 64.5 Å². The van der Waals surface area contributed by atoms with E-state index in [4.69, 9.17) is 0 Å². The molecular formula is C59H64O13. The number of aryl methyl sites for hydroxylation is 1. The van der Waals surface area contributed by atoms with E-state index in [0.717, 1.165) is 19.4 Å². The van der Waals surface area contributed by atoms with Gasteiger partial charge in [0.2, 0.25) is 11.6 Å². The second-order valence-electron chi connectivity index (χ2n) is 23.0. The van der Waals surface area contributed by atoms with Gasteiger partial charge in [0.1, 0.15) is 39.9 Å². The number of ketones is 6. The van der Waals surface area contributed by atoms with Crippen molar-refractivity contribution in [2.75, 3.05) is 0 Å². The van der Waals surface area contributed by atoms with Gasteiger partial charge >= 0.3 is 0 Å². The van der Waals surface area contributed by atoms with Crippen LogP contribution in [0.15, 0.2) is 58.1 Å². The molecule has 0 radical (unpaired) electrons. The minimum absolute atomic E-state index is 0.0191. The third-order valence-electron chi connectivity index (χ3n) is 17.3. The summed E-state index contributed by atoms with van der Waals surface area (Å²) < 4.78 is 0. The molecule has 2 fully saturated rings. The van der Waals surface area contributed by atoms with Gasteiger partial charge in [0.05, 0.1) is 5.56 Å². The van der Waals surface area contributed by atoms with Crippen LogP contribution in [0.5, 0.6) is 5.75 Å². The number of aliphatic hydroxyl groups is 6. The summed E-state index contributed by atoms with van der Waals surface area (Å²) >= 11 is 0. The summed E-state index contributed by atoms with van der Waals surface area (Å²) in [7, 11) is 0. The van der Waals surface area contributed by atoms with Gasteiger partial charge in [0.15, 0.2) is 34.3 Å². The molecule has 378 valence electrons. The van der Waals surface area contributed by atoms with E-state index in [9.17, 15) is 64.5 Å². The molecule has 0 aromatic heterocycles. The van der Waals surface area contributed by atoms with E-state index < -0.39 is 120 Å². The third-order valence-corrected chi connectivity index (χ3v) is 17.3. The van der Waals surface area contributed by atoms with Crippen molar-refractivity contribution in [3.63, 3.8) is 0 Å². The highest BCUT2D eigenvalue weighted by molar-refractivity contribution is 6.25. The average molecular weight is 981 g/mol. The van der Waals surface area contributed by atoms with Crippen molar-refractivity contribution >= 4 is 46.2 Å². The molecule has 13 heteroatoms. The molecule has 6 aliphatic rings. The Labute approximate surface area is 419 Å². The first-order chi connectivity index (χ1) is 33.4. The maximum absolute atomic E-state index is 14.7. The van der Waals surface area contributed by atoms with Crippen LogP contribution >= 0.6 is 0 Å². The minimum atomic E-state index is -2.70. The minimum Gasteiger partial charge on any atom is -0.508 e. The van der Waals surface area contributed by atoms with Crippen molar-refractivity contribution in [2.45, 2.75) is 139 Å². The monoisotopic (exact) mass is 980 g/mol. The Bertz CT molecular complexity index is 2940. The van der Waals surface area contributed by atoms with E-state index in [2.05, 4.69) is 23.7 Å². The number of allylic oxidation sites excluding steroid dienone is 2. The fourth-order valence-electron chi connectivity index (χ4n) is 14.6. The first-order valence-corrected chi connectivity index (χ1v) is 24.8. The molecule has 0 spiro atoms. The van der Waals surface area contributed by atoms with E-state index in [1.165, 1.54) is 6.07 Å². The molecule has 8 atom stereocenters. The molecule has 2 saturated carbocycles. The predicted octanol–water partition coefficient (Wildman–Crippen LogP) is 8.26. The van der Waals surface area contributed by atoms with Gasteiger partial charge in [-0.25, -0.2) is 0 Å². The SMILES string of the molecule is CC(=O)C1=C(O)[C@]2(O)C(=O)C3=C(O)c4c(C)ccc(C#CCCCCC#Cc5ccc(O)c6c5C[C@]5(C)C[C@]7(C)C(C(C)C)C(=O)C(C(C)=O)=C(O)[C@]7(O)C(=O)C5=C6O)c4C[C@]3(C)C[C@]2(C)C(C(C)C)C1=O. The van der Waals surface area contributed by atoms with Crippen LogP contribution in [0.4, 0.5) is 0 Å². The summed E-state index contributed by atoms with van der Waals surface area (Å²) in [6, 6.07) is 6.66. The number of fused-ring (bicyclic) bond motifs is 6. The van der Waals surface area contributed by atoms with E-state index >= 15 is 0 Å². The number of Topliss-reactive ketones (excluding diaryl/α,β-unsaturated/α-hetero) is 6. The van der Waals surface area contributed by atoms with Crippen molar-refractivity contribution in [1.29, 1.82) is 0 Å². The van der Waals surface area contributed by atoms with Gasteiger partial charge in [-0.15, -0.1) is 0 Å². The number of rotatable bonds is 7. The zero-order chi connectivity index (χ0) is 53.3. The first-order valence-electron chi connectivity index (χ1n) is 24.8. The zero-order valence-corrected chi connectivity index (χ0v) is 42.9. The first kappa shape index (κ1) is 51.8. The van der Waals surface area contributed by atoms with Gasteiger partial charge in [-0.3, -0.25) is 28.8 Å². The molecule has 0 saturated heterocycles. The summed E-state index contributed by atoms with van der Waals surface area (Å²) in [6.45, 7) is 17.8. The zero-order valence-electron chi connectivity index (χ0n) is 42.9. The molecule has 0 heterocycles. The lowest BCUT2D eigenvalue weighted by atomic mass is 9.43. The number of unbranched alkanes of at least 4 members (excludes halogenated alkanes) is 3. The molecule has 2 unspecified atom stereocenters. The van der Waals surface area contributed by atoms with Crippen LogP contribution in [-0.2, 0) is 41.6 Å². The number of carbonyl (C=O) groups excluding carboxylic acids is 6. The lowest BCUT2D eigenvalue weighted by molar-refractivity contribution is -0.179. The Hall–Kier alpha value is -6.54. The Kier molecular flexibility index (Phi) is 12.3. The van der Waals surface area contributed by atoms with Crippen molar-refractivity contribution in [3.8, 4) is 29.4 Å². The number of aliphatic hydroxyl groups excluding tert-OH is 4. The highest BCUT2D eigenvalue weighted by Crippen LogP contribution is 2.67. The van der Waals surface area contributed by atoms with E-state index in [1.54, 1.807) is 67.5 Å². The molecule has 2 aromatic rings. The predicted molar refractivity (Wildman–Crippen MR) is 267 cm³/mol. The second kappa shape index (κ2) is 17.0. The Balaban J connectivity index is 1.03. The molecule has 13 nitrogen and oxygen atoms in total. The number of benzene rings is 2. The third kappa shape index (κ3) is 6.82. The fourth-order valence-corrected chi connectivity index (χ4v) is 14.6. The second-order valence-corrected chi connectivity index (χ2v) is 23.0. The Morgan fingerprint density at radius 3 is 1.38 bits per heavy atom. The summed E-state index contributed by atoms with van der Waals surface area (Å²) in [5.41, 5.74) is -8.77.